The fourth-order valence-corrected chi connectivity index (χ4v) is 5.14. The third kappa shape index (κ3) is 13.0. The lowest BCUT2D eigenvalue weighted by Gasteiger charge is -2.31. The molecule has 0 N–H and O–H groups in total. The Hall–Kier alpha value is 0.320. The van der Waals surface area contributed by atoms with Gasteiger partial charge in [-0.2, -0.15) is 0 Å². The summed E-state index contributed by atoms with van der Waals surface area (Å²) >= 11 is 0. The van der Waals surface area contributed by atoms with Gasteiger partial charge < -0.3 is 45.4 Å². The van der Waals surface area contributed by atoms with Gasteiger partial charge in [-0.1, -0.05) is 84.0 Å². The number of rotatable bonds is 16. The molecule has 1 aliphatic heterocycles. The van der Waals surface area contributed by atoms with Crippen molar-refractivity contribution in [1.82, 2.24) is 0 Å². The number of pyridine rings is 1. The maximum Gasteiger partial charge on any atom is 0.177 e. The molecule has 31 heavy (non-hydrogen) atoms. The minimum absolute atomic E-state index is 0. The smallest absolute Gasteiger partial charge is 0.177 e. The lowest BCUT2D eigenvalue weighted by Crippen LogP contribution is -3.00. The van der Waals surface area contributed by atoms with Crippen LogP contribution in [-0.4, -0.2) is 25.1 Å². The van der Waals surface area contributed by atoms with Crippen molar-refractivity contribution in [2.24, 2.45) is 0 Å². The van der Waals surface area contributed by atoms with Gasteiger partial charge >= 0.3 is 0 Å². The molecule has 2 heterocycles. The van der Waals surface area contributed by atoms with Crippen molar-refractivity contribution in [1.29, 1.82) is 0 Å². The van der Waals surface area contributed by atoms with E-state index in [4.69, 9.17) is 0 Å². The van der Waals surface area contributed by atoms with E-state index in [-0.39, 0.29) is 41.0 Å². The third-order valence-corrected chi connectivity index (χ3v) is 7.09. The number of hydrogen-bond donors (Lipinski definition) is 0. The van der Waals surface area contributed by atoms with Gasteiger partial charge in [-0.05, 0) is 12.5 Å². The third-order valence-electron chi connectivity index (χ3n) is 7.09. The van der Waals surface area contributed by atoms with E-state index in [0.717, 1.165) is 4.48 Å². The molecule has 1 aromatic heterocycles. The molecular weight excluding hydrogens is 559 g/mol. The predicted octanol–water partition coefficient (Wildman–Crippen LogP) is 1.37. The maximum absolute atomic E-state index is 2.44. The first-order valence-electron chi connectivity index (χ1n) is 12.9. The largest absolute Gasteiger partial charge is 1.00 e. The fourth-order valence-electron chi connectivity index (χ4n) is 5.14. The summed E-state index contributed by atoms with van der Waals surface area (Å²) < 4.78 is 3.59. The number of aromatic nitrogens is 1. The zero-order chi connectivity index (χ0) is 20.8. The summed E-state index contributed by atoms with van der Waals surface area (Å²) in [6.45, 7) is 4.80. The summed E-state index contributed by atoms with van der Waals surface area (Å²) in [5, 5.41) is 0. The van der Waals surface area contributed by atoms with Crippen LogP contribution in [0.1, 0.15) is 121 Å². The highest BCUT2D eigenvalue weighted by atomic mass is 127. The molecule has 0 bridgehead atoms. The van der Waals surface area contributed by atoms with E-state index < -0.39 is 0 Å². The molecule has 182 valence electrons. The normalized spacial score (nSPS) is 17.2. The number of quaternary nitrogens is 1. The van der Waals surface area contributed by atoms with Crippen molar-refractivity contribution in [2.45, 2.75) is 122 Å². The first-order chi connectivity index (χ1) is 14.1. The van der Waals surface area contributed by atoms with Gasteiger partial charge in [0.25, 0.3) is 0 Å². The second-order valence-electron chi connectivity index (χ2n) is 10.1. The van der Waals surface area contributed by atoms with Crippen molar-refractivity contribution < 1.29 is 50.0 Å². The van der Waals surface area contributed by atoms with Crippen molar-refractivity contribution in [3.8, 4) is 0 Å². The van der Waals surface area contributed by atoms with Gasteiger partial charge in [-0.15, -0.1) is 0 Å². The highest BCUT2D eigenvalue weighted by Gasteiger charge is 2.36. The van der Waals surface area contributed by atoms with Crippen LogP contribution in [0.25, 0.3) is 0 Å². The van der Waals surface area contributed by atoms with Crippen molar-refractivity contribution >= 4 is 0 Å². The van der Waals surface area contributed by atoms with E-state index in [2.05, 4.69) is 50.1 Å². The van der Waals surface area contributed by atoms with Crippen molar-refractivity contribution in [3.05, 3.63) is 30.1 Å². The molecule has 0 radical (unpaired) electrons. The molecule has 0 unspecified atom stereocenters. The van der Waals surface area contributed by atoms with Crippen LogP contribution in [0.5, 0.6) is 0 Å². The predicted molar refractivity (Wildman–Crippen MR) is 126 cm³/mol. The average molecular weight is 610 g/mol. The van der Waals surface area contributed by atoms with E-state index in [0.29, 0.717) is 6.04 Å². The molecule has 2 rings (SSSR count). The number of aryl methyl sites for hydroxylation is 1. The highest BCUT2D eigenvalue weighted by molar-refractivity contribution is 5.10. The molecule has 1 aromatic rings. The van der Waals surface area contributed by atoms with Gasteiger partial charge in [0, 0.05) is 25.3 Å². The van der Waals surface area contributed by atoms with E-state index in [9.17, 15) is 0 Å². The van der Waals surface area contributed by atoms with Crippen LogP contribution in [0, 0.1) is 0 Å². The summed E-state index contributed by atoms with van der Waals surface area (Å²) in [5.41, 5.74) is 1.54. The minimum Gasteiger partial charge on any atom is -1.00 e. The number of halogens is 2. The van der Waals surface area contributed by atoms with Crippen LogP contribution >= 0.6 is 0 Å². The van der Waals surface area contributed by atoms with E-state index in [1.165, 1.54) is 116 Å². The molecule has 1 aliphatic rings. The Morgan fingerprint density at radius 2 is 1.35 bits per heavy atom. The summed E-state index contributed by atoms with van der Waals surface area (Å²) in [5.74, 6) is 0. The van der Waals surface area contributed by atoms with E-state index in [1.54, 1.807) is 5.56 Å². The van der Waals surface area contributed by atoms with Gasteiger partial charge in [0.15, 0.2) is 12.4 Å². The minimum atomic E-state index is 0. The first-order valence-corrected chi connectivity index (χ1v) is 12.9. The molecule has 0 spiro atoms. The number of unbranched alkanes of at least 4 members (excludes halogenated alkanes) is 13. The molecular formula is C27H50BrIN2. The van der Waals surface area contributed by atoms with Gasteiger partial charge in [-0.3, -0.25) is 0 Å². The van der Waals surface area contributed by atoms with Gasteiger partial charge in [0.05, 0.1) is 26.2 Å². The summed E-state index contributed by atoms with van der Waals surface area (Å²) in [7, 11) is 4.78. The second kappa shape index (κ2) is 18.7. The molecule has 1 saturated heterocycles. The molecule has 0 amide bonds. The summed E-state index contributed by atoms with van der Waals surface area (Å²) in [4.78, 5) is 0. The molecule has 1 atom stereocenters. The van der Waals surface area contributed by atoms with Gasteiger partial charge in [0.2, 0.25) is 0 Å². The molecule has 2 nitrogen and oxygen atoms in total. The van der Waals surface area contributed by atoms with Gasteiger partial charge in [0.1, 0.15) is 12.6 Å². The van der Waals surface area contributed by atoms with Crippen LogP contribution in [0.3, 0.4) is 0 Å². The standard InChI is InChI=1S/C27H50N2.BrH.HI/c1-4-5-6-7-8-9-10-11-12-13-14-15-16-17-22-28-23-18-20-26(25-28)27-21-19-24-29(27,2)3;;/h18,20,23,25,27H,4-17,19,21-22,24H2,1-3H3;2*1H/q+2;;/p-2/t27-;;/m0../s1. The summed E-state index contributed by atoms with van der Waals surface area (Å²) in [6.07, 6.45) is 27.5. The second-order valence-corrected chi connectivity index (χ2v) is 10.1. The quantitative estimate of drug-likeness (QED) is 0.116. The highest BCUT2D eigenvalue weighted by Crippen LogP contribution is 2.35. The van der Waals surface area contributed by atoms with Crippen LogP contribution in [0.4, 0.5) is 0 Å². The molecule has 1 fully saturated rings. The topological polar surface area (TPSA) is 3.88 Å². The lowest BCUT2D eigenvalue weighted by atomic mass is 10.0. The monoisotopic (exact) mass is 608 g/mol. The lowest BCUT2D eigenvalue weighted by molar-refractivity contribution is -0.908. The zero-order valence-corrected chi connectivity index (χ0v) is 24.5. The molecule has 0 saturated carbocycles. The first kappa shape index (κ1) is 31.3. The molecule has 4 heteroatoms. The van der Waals surface area contributed by atoms with Crippen molar-refractivity contribution in [3.63, 3.8) is 0 Å². The van der Waals surface area contributed by atoms with Crippen molar-refractivity contribution in [2.75, 3.05) is 20.6 Å². The number of likely N-dealkylation sites (tertiary alicyclic amines) is 1. The van der Waals surface area contributed by atoms with Crippen LogP contribution in [0.15, 0.2) is 24.5 Å². The van der Waals surface area contributed by atoms with Crippen LogP contribution in [-0.2, 0) is 6.54 Å². The average Bonchev–Trinajstić information content (AvgIpc) is 3.07. The molecule has 0 aliphatic carbocycles. The maximum atomic E-state index is 2.44. The molecule has 0 aromatic carbocycles. The van der Waals surface area contributed by atoms with E-state index >= 15 is 0 Å². The zero-order valence-electron chi connectivity index (χ0n) is 20.8. The Labute approximate surface area is 222 Å². The SMILES string of the molecule is CCCCCCCCCCCCCCCC[n+]1cccc([C@@H]2CCC[N+]2(C)C)c1.[Br-].[I-]. The number of hydrogen-bond acceptors (Lipinski definition) is 0. The fraction of sp³-hybridized carbons (Fsp3) is 0.815. The van der Waals surface area contributed by atoms with Gasteiger partial charge in [-0.25, -0.2) is 4.57 Å². The van der Waals surface area contributed by atoms with E-state index in [1.807, 2.05) is 0 Å². The Morgan fingerprint density at radius 1 is 0.839 bits per heavy atom. The Kier molecular flexibility index (Phi) is 18.9. The van der Waals surface area contributed by atoms with Crippen LogP contribution < -0.4 is 45.5 Å². The van der Waals surface area contributed by atoms with Crippen LogP contribution in [0.2, 0.25) is 0 Å². The summed E-state index contributed by atoms with van der Waals surface area (Å²) in [6, 6.07) is 5.30. The Balaban J connectivity index is 0.00000450. The Bertz CT molecular complexity index is 550. The Morgan fingerprint density at radius 3 is 1.84 bits per heavy atom. The number of nitrogens with zero attached hydrogens (tertiary/aromatic N) is 2.